The lowest BCUT2D eigenvalue weighted by molar-refractivity contribution is 0.336. The Balaban J connectivity index is 2.03. The largest absolute Gasteiger partial charge is 0.494 e. The lowest BCUT2D eigenvalue weighted by atomic mass is 10.1. The van der Waals surface area contributed by atoms with Gasteiger partial charge in [0, 0.05) is 37.5 Å². The Morgan fingerprint density at radius 1 is 1.29 bits per heavy atom. The lowest BCUT2D eigenvalue weighted by Gasteiger charge is -2.14. The Hall–Kier alpha value is -2.50. The van der Waals surface area contributed by atoms with Gasteiger partial charge in [-0.05, 0) is 32.4 Å². The molecule has 0 radical (unpaired) electrons. The molecule has 1 aromatic carbocycles. The van der Waals surface area contributed by atoms with E-state index in [0.717, 1.165) is 29.4 Å². The van der Waals surface area contributed by atoms with E-state index >= 15 is 0 Å². The highest BCUT2D eigenvalue weighted by molar-refractivity contribution is 5.79. The predicted octanol–water partition coefficient (Wildman–Crippen LogP) is 2.38. The van der Waals surface area contributed by atoms with Crippen molar-refractivity contribution in [2.45, 2.75) is 33.9 Å². The van der Waals surface area contributed by atoms with Gasteiger partial charge in [-0.3, -0.25) is 4.68 Å². The first-order valence-corrected chi connectivity index (χ1v) is 8.34. The molecule has 0 saturated heterocycles. The van der Waals surface area contributed by atoms with Gasteiger partial charge in [-0.15, -0.1) is 0 Å². The van der Waals surface area contributed by atoms with E-state index in [1.165, 1.54) is 5.56 Å². The van der Waals surface area contributed by atoms with Gasteiger partial charge in [-0.2, -0.15) is 5.10 Å². The van der Waals surface area contributed by atoms with Gasteiger partial charge < -0.3 is 15.4 Å². The third-order valence-electron chi connectivity index (χ3n) is 3.49. The first kappa shape index (κ1) is 17.8. The molecule has 6 nitrogen and oxygen atoms in total. The van der Waals surface area contributed by atoms with Gasteiger partial charge >= 0.3 is 0 Å². The summed E-state index contributed by atoms with van der Waals surface area (Å²) in [5.41, 5.74) is 3.40. The van der Waals surface area contributed by atoms with Crippen LogP contribution in [0.15, 0.2) is 35.6 Å². The number of hydrogen-bond donors (Lipinski definition) is 2. The molecular weight excluding hydrogens is 302 g/mol. The summed E-state index contributed by atoms with van der Waals surface area (Å²) < 4.78 is 7.51. The Morgan fingerprint density at radius 3 is 2.79 bits per heavy atom. The lowest BCUT2D eigenvalue weighted by Crippen LogP contribution is -2.36. The molecule has 2 aromatic rings. The molecule has 0 aliphatic heterocycles. The molecule has 2 N–H and O–H groups in total. The van der Waals surface area contributed by atoms with Crippen LogP contribution in [-0.2, 0) is 20.1 Å². The van der Waals surface area contributed by atoms with Gasteiger partial charge in [0.15, 0.2) is 5.96 Å². The van der Waals surface area contributed by atoms with Crippen molar-refractivity contribution in [3.8, 4) is 5.75 Å². The average molecular weight is 329 g/mol. The van der Waals surface area contributed by atoms with Gasteiger partial charge in [-0.1, -0.05) is 12.1 Å². The molecule has 0 amide bonds. The molecule has 1 aromatic heterocycles. The molecule has 0 aliphatic carbocycles. The molecule has 0 atom stereocenters. The zero-order chi connectivity index (χ0) is 17.4. The minimum Gasteiger partial charge on any atom is -0.494 e. The molecule has 24 heavy (non-hydrogen) atoms. The highest BCUT2D eigenvalue weighted by Crippen LogP contribution is 2.20. The van der Waals surface area contributed by atoms with Gasteiger partial charge in [0.2, 0.25) is 0 Å². The molecule has 0 saturated carbocycles. The number of benzene rings is 1. The summed E-state index contributed by atoms with van der Waals surface area (Å²) in [5, 5.41) is 10.8. The number of aryl methyl sites for hydroxylation is 2. The molecule has 0 fully saturated rings. The third kappa shape index (κ3) is 5.30. The normalized spacial score (nSPS) is 11.4. The zero-order valence-corrected chi connectivity index (χ0v) is 15.0. The van der Waals surface area contributed by atoms with E-state index in [1.807, 2.05) is 26.4 Å². The van der Waals surface area contributed by atoms with E-state index in [4.69, 9.17) is 4.74 Å². The Labute approximate surface area is 143 Å². The topological polar surface area (TPSA) is 63.5 Å². The van der Waals surface area contributed by atoms with Crippen LogP contribution in [0.5, 0.6) is 5.75 Å². The Kier molecular flexibility index (Phi) is 6.66. The van der Waals surface area contributed by atoms with Crippen molar-refractivity contribution in [3.05, 3.63) is 47.3 Å². The van der Waals surface area contributed by atoms with Crippen LogP contribution in [0.4, 0.5) is 0 Å². The number of rotatable bonds is 7. The molecule has 1 heterocycles. The first-order valence-electron chi connectivity index (χ1n) is 8.34. The van der Waals surface area contributed by atoms with Crippen molar-refractivity contribution >= 4 is 5.96 Å². The summed E-state index contributed by atoms with van der Waals surface area (Å²) >= 11 is 0. The van der Waals surface area contributed by atoms with Crippen molar-refractivity contribution in [1.82, 2.24) is 20.4 Å². The molecule has 2 rings (SSSR count). The summed E-state index contributed by atoms with van der Waals surface area (Å²) in [7, 11) is 1.91. The highest BCUT2D eigenvalue weighted by atomic mass is 16.5. The summed E-state index contributed by atoms with van der Waals surface area (Å²) in [6.07, 6.45) is 3.81. The summed E-state index contributed by atoms with van der Waals surface area (Å²) in [6, 6.07) is 6.26. The van der Waals surface area contributed by atoms with Gasteiger partial charge in [-0.25, -0.2) is 4.99 Å². The van der Waals surface area contributed by atoms with E-state index in [-0.39, 0.29) is 0 Å². The van der Waals surface area contributed by atoms with Crippen molar-refractivity contribution in [3.63, 3.8) is 0 Å². The maximum absolute atomic E-state index is 5.73. The minimum atomic E-state index is 0.593. The van der Waals surface area contributed by atoms with Crippen molar-refractivity contribution < 1.29 is 4.74 Å². The molecule has 0 bridgehead atoms. The van der Waals surface area contributed by atoms with Crippen LogP contribution in [0, 0.1) is 6.92 Å². The summed E-state index contributed by atoms with van der Waals surface area (Å²) in [5.74, 6) is 1.71. The van der Waals surface area contributed by atoms with Crippen LogP contribution in [0.3, 0.4) is 0 Å². The van der Waals surface area contributed by atoms with Crippen LogP contribution in [-0.4, -0.2) is 28.9 Å². The quantitative estimate of drug-likeness (QED) is 0.605. The van der Waals surface area contributed by atoms with E-state index in [1.54, 1.807) is 4.68 Å². The van der Waals surface area contributed by atoms with E-state index < -0.39 is 0 Å². The van der Waals surface area contributed by atoms with E-state index in [2.05, 4.69) is 52.8 Å². The average Bonchev–Trinajstić information content (AvgIpc) is 2.97. The number of ether oxygens (including phenoxy) is 1. The first-order chi connectivity index (χ1) is 11.6. The van der Waals surface area contributed by atoms with Crippen LogP contribution in [0.1, 0.15) is 30.5 Å². The zero-order valence-electron chi connectivity index (χ0n) is 15.0. The molecule has 6 heteroatoms. The van der Waals surface area contributed by atoms with Crippen molar-refractivity contribution in [2.75, 3.05) is 13.2 Å². The molecule has 0 unspecified atom stereocenters. The van der Waals surface area contributed by atoms with Gasteiger partial charge in [0.25, 0.3) is 0 Å². The smallest absolute Gasteiger partial charge is 0.191 e. The second-order valence-electron chi connectivity index (χ2n) is 5.62. The van der Waals surface area contributed by atoms with Crippen molar-refractivity contribution in [2.24, 2.45) is 12.0 Å². The van der Waals surface area contributed by atoms with Crippen molar-refractivity contribution in [1.29, 1.82) is 0 Å². The standard InChI is InChI=1S/C18H27N5O/c1-5-19-18(20-10-15-11-22-23(4)13-15)21-12-16-8-7-14(3)9-17(16)24-6-2/h7-9,11,13H,5-6,10,12H2,1-4H3,(H2,19,20,21). The van der Waals surface area contributed by atoms with E-state index in [0.29, 0.717) is 19.7 Å². The molecule has 130 valence electrons. The number of nitrogens with one attached hydrogen (secondary N) is 2. The number of nitrogens with zero attached hydrogens (tertiary/aromatic N) is 3. The van der Waals surface area contributed by atoms with Gasteiger partial charge in [0.1, 0.15) is 5.75 Å². The Morgan fingerprint density at radius 2 is 2.12 bits per heavy atom. The van der Waals surface area contributed by atoms with E-state index in [9.17, 15) is 0 Å². The minimum absolute atomic E-state index is 0.593. The van der Waals surface area contributed by atoms with Gasteiger partial charge in [0.05, 0.1) is 19.3 Å². The number of aromatic nitrogens is 2. The number of aliphatic imine (C=N–C) groups is 1. The molecular formula is C18H27N5O. The summed E-state index contributed by atoms with van der Waals surface area (Å²) in [6.45, 7) is 8.84. The maximum Gasteiger partial charge on any atom is 0.191 e. The Bertz CT molecular complexity index is 678. The SMILES string of the molecule is CCNC(=NCc1cnn(C)c1)NCc1ccc(C)cc1OCC. The second-order valence-corrected chi connectivity index (χ2v) is 5.62. The maximum atomic E-state index is 5.73. The van der Waals surface area contributed by atoms with Crippen LogP contribution >= 0.6 is 0 Å². The third-order valence-corrected chi connectivity index (χ3v) is 3.49. The molecule has 0 aliphatic rings. The summed E-state index contributed by atoms with van der Waals surface area (Å²) in [4.78, 5) is 4.61. The monoisotopic (exact) mass is 329 g/mol. The van der Waals surface area contributed by atoms with Crippen LogP contribution < -0.4 is 15.4 Å². The fourth-order valence-corrected chi connectivity index (χ4v) is 2.34. The van der Waals surface area contributed by atoms with Crippen LogP contribution in [0.2, 0.25) is 0 Å². The highest BCUT2D eigenvalue weighted by Gasteiger charge is 2.05. The predicted molar refractivity (Wildman–Crippen MR) is 97.2 cm³/mol. The fourth-order valence-electron chi connectivity index (χ4n) is 2.34. The fraction of sp³-hybridized carbons (Fsp3) is 0.444. The van der Waals surface area contributed by atoms with Crippen LogP contribution in [0.25, 0.3) is 0 Å². The number of guanidine groups is 1. The second kappa shape index (κ2) is 8.96. The number of hydrogen-bond acceptors (Lipinski definition) is 3. The molecule has 0 spiro atoms.